The second-order valence-electron chi connectivity index (χ2n) is 6.34. The van der Waals surface area contributed by atoms with Crippen LogP contribution >= 0.6 is 11.3 Å². The minimum absolute atomic E-state index is 0.140. The van der Waals surface area contributed by atoms with Crippen LogP contribution in [0.4, 0.5) is 0 Å². The normalized spacial score (nSPS) is 16.9. The molecule has 0 fully saturated rings. The van der Waals surface area contributed by atoms with Crippen molar-refractivity contribution in [1.82, 2.24) is 10.3 Å². The zero-order valence-corrected chi connectivity index (χ0v) is 15.4. The molecule has 2 unspecified atom stereocenters. The molecule has 2 aromatic rings. The van der Waals surface area contributed by atoms with Crippen LogP contribution in [0.25, 0.3) is 0 Å². The molecule has 1 aromatic heterocycles. The number of rotatable bonds is 4. The third kappa shape index (κ3) is 3.24. The Bertz CT molecular complexity index is 859. The predicted octanol–water partition coefficient (Wildman–Crippen LogP) is 3.12. The minimum atomic E-state index is -0.997. The highest BCUT2D eigenvalue weighted by Gasteiger charge is 2.32. The molecule has 1 aromatic carbocycles. The van der Waals surface area contributed by atoms with E-state index < -0.39 is 5.97 Å². The number of aromatic nitrogens is 1. The third-order valence-corrected chi connectivity index (χ3v) is 5.79. The van der Waals surface area contributed by atoms with E-state index >= 15 is 0 Å². The maximum Gasteiger partial charge on any atom is 0.347 e. The number of carboxylic acids is 1. The van der Waals surface area contributed by atoms with Crippen molar-refractivity contribution in [2.24, 2.45) is 0 Å². The molecule has 0 aliphatic carbocycles. The molecule has 0 saturated heterocycles. The van der Waals surface area contributed by atoms with Gasteiger partial charge in [0.05, 0.1) is 11.7 Å². The van der Waals surface area contributed by atoms with Crippen LogP contribution in [0.1, 0.15) is 55.9 Å². The molecule has 0 radical (unpaired) electrons. The van der Waals surface area contributed by atoms with Crippen molar-refractivity contribution in [3.63, 3.8) is 0 Å². The Morgan fingerprint density at radius 2 is 2.00 bits per heavy atom. The average Bonchev–Trinajstić information content (AvgIpc) is 3.11. The van der Waals surface area contributed by atoms with Gasteiger partial charge in [0, 0.05) is 5.56 Å². The number of carbonyl (C=O) groups excluding carboxylic acids is 1. The summed E-state index contributed by atoms with van der Waals surface area (Å²) in [7, 11) is 0. The number of thiazole rings is 1. The van der Waals surface area contributed by atoms with Crippen molar-refractivity contribution < 1.29 is 19.4 Å². The number of fused-ring (bicyclic) bond motifs is 1. The van der Waals surface area contributed by atoms with Gasteiger partial charge in [-0.05, 0) is 44.9 Å². The van der Waals surface area contributed by atoms with Gasteiger partial charge in [-0.25, -0.2) is 9.78 Å². The Kier molecular flexibility index (Phi) is 4.51. The van der Waals surface area contributed by atoms with E-state index in [9.17, 15) is 9.59 Å². The van der Waals surface area contributed by atoms with E-state index in [-0.39, 0.29) is 22.7 Å². The van der Waals surface area contributed by atoms with Gasteiger partial charge in [0.2, 0.25) is 5.91 Å². The predicted molar refractivity (Wildman–Crippen MR) is 94.5 cm³/mol. The molecule has 0 bridgehead atoms. The summed E-state index contributed by atoms with van der Waals surface area (Å²) in [6.45, 7) is 7.80. The first-order chi connectivity index (χ1) is 11.8. The second kappa shape index (κ2) is 6.48. The van der Waals surface area contributed by atoms with Crippen molar-refractivity contribution in [2.45, 2.75) is 39.7 Å². The fraction of sp³-hybridized carbons (Fsp3) is 0.389. The van der Waals surface area contributed by atoms with Crippen LogP contribution in [0.3, 0.4) is 0 Å². The summed E-state index contributed by atoms with van der Waals surface area (Å²) < 4.78 is 5.66. The summed E-state index contributed by atoms with van der Waals surface area (Å²) in [5.74, 6) is -0.742. The summed E-state index contributed by atoms with van der Waals surface area (Å²) >= 11 is 1.09. The lowest BCUT2D eigenvalue weighted by Gasteiger charge is -2.15. The van der Waals surface area contributed by atoms with Crippen molar-refractivity contribution >= 4 is 23.2 Å². The lowest BCUT2D eigenvalue weighted by Crippen LogP contribution is -2.32. The Morgan fingerprint density at radius 3 is 2.64 bits per heavy atom. The van der Waals surface area contributed by atoms with E-state index in [0.29, 0.717) is 17.3 Å². The van der Waals surface area contributed by atoms with Crippen molar-refractivity contribution in [2.75, 3.05) is 6.61 Å². The monoisotopic (exact) mass is 360 g/mol. The summed E-state index contributed by atoms with van der Waals surface area (Å²) in [5, 5.41) is 12.7. The maximum absolute atomic E-state index is 12.7. The Hall–Kier alpha value is -2.41. The number of carbonyl (C=O) groups is 2. The van der Waals surface area contributed by atoms with Crippen LogP contribution in [0.15, 0.2) is 12.1 Å². The van der Waals surface area contributed by atoms with E-state index in [0.717, 1.165) is 33.8 Å². The first-order valence-corrected chi connectivity index (χ1v) is 8.84. The number of hydrogen-bond acceptors (Lipinski definition) is 5. The standard InChI is InChI=1S/C18H20N2O4S/c1-8-5-12-13(7-24-14(12)6-9(8)2)16(21)19-11(4)17-20-10(3)15(25-17)18(22)23/h5-6,11,13H,7H2,1-4H3,(H,19,21)(H,22,23). The number of nitrogens with one attached hydrogen (secondary N) is 1. The third-order valence-electron chi connectivity index (χ3n) is 4.46. The molecule has 6 nitrogen and oxygen atoms in total. The first kappa shape index (κ1) is 17.4. The highest BCUT2D eigenvalue weighted by atomic mass is 32.1. The molecule has 2 heterocycles. The Balaban J connectivity index is 1.77. The molecular weight excluding hydrogens is 340 g/mol. The van der Waals surface area contributed by atoms with Gasteiger partial charge in [0.1, 0.15) is 28.2 Å². The second-order valence-corrected chi connectivity index (χ2v) is 7.37. The fourth-order valence-corrected chi connectivity index (χ4v) is 3.77. The molecule has 25 heavy (non-hydrogen) atoms. The molecule has 3 rings (SSSR count). The lowest BCUT2D eigenvalue weighted by molar-refractivity contribution is -0.123. The number of ether oxygens (including phenoxy) is 1. The number of hydrogen-bond donors (Lipinski definition) is 2. The van der Waals surface area contributed by atoms with Crippen LogP contribution in [0.5, 0.6) is 5.75 Å². The Morgan fingerprint density at radius 1 is 1.32 bits per heavy atom. The molecule has 0 spiro atoms. The van der Waals surface area contributed by atoms with Crippen molar-refractivity contribution in [1.29, 1.82) is 0 Å². The number of nitrogens with zero attached hydrogens (tertiary/aromatic N) is 1. The molecule has 1 aliphatic rings. The minimum Gasteiger partial charge on any atom is -0.492 e. The van der Waals surface area contributed by atoms with Gasteiger partial charge in [0.25, 0.3) is 0 Å². The molecular formula is C18H20N2O4S. The fourth-order valence-electron chi connectivity index (χ4n) is 2.87. The van der Waals surface area contributed by atoms with Gasteiger partial charge in [0.15, 0.2) is 0 Å². The van der Waals surface area contributed by atoms with E-state index in [4.69, 9.17) is 9.84 Å². The smallest absolute Gasteiger partial charge is 0.347 e. The summed E-state index contributed by atoms with van der Waals surface area (Å²) in [4.78, 5) is 28.3. The summed E-state index contributed by atoms with van der Waals surface area (Å²) in [6, 6.07) is 3.60. The van der Waals surface area contributed by atoms with Crippen LogP contribution < -0.4 is 10.1 Å². The number of carboxylic acid groups (broad SMARTS) is 1. The van der Waals surface area contributed by atoms with E-state index in [1.165, 1.54) is 0 Å². The zero-order chi connectivity index (χ0) is 18.3. The maximum atomic E-state index is 12.7. The number of aryl methyl sites for hydroxylation is 3. The van der Waals surface area contributed by atoms with Crippen molar-refractivity contribution in [3.8, 4) is 5.75 Å². The highest BCUT2D eigenvalue weighted by molar-refractivity contribution is 7.13. The molecule has 7 heteroatoms. The number of aromatic carboxylic acids is 1. The Labute approximate surface area is 149 Å². The van der Waals surface area contributed by atoms with Gasteiger partial charge in [-0.3, -0.25) is 4.79 Å². The lowest BCUT2D eigenvalue weighted by atomic mass is 9.96. The zero-order valence-electron chi connectivity index (χ0n) is 14.5. The molecule has 132 valence electrons. The molecule has 2 N–H and O–H groups in total. The van der Waals surface area contributed by atoms with Gasteiger partial charge in [-0.15, -0.1) is 11.3 Å². The van der Waals surface area contributed by atoms with E-state index in [2.05, 4.69) is 10.3 Å². The number of amides is 1. The SMILES string of the molecule is Cc1cc2c(cc1C)C(C(=O)NC(C)c1nc(C)c(C(=O)O)s1)CO2. The number of benzene rings is 1. The van der Waals surface area contributed by atoms with Gasteiger partial charge in [-0.2, -0.15) is 0 Å². The van der Waals surface area contributed by atoms with Crippen LogP contribution in [-0.4, -0.2) is 28.6 Å². The van der Waals surface area contributed by atoms with Gasteiger partial charge in [-0.1, -0.05) is 6.07 Å². The van der Waals surface area contributed by atoms with Crippen molar-refractivity contribution in [3.05, 3.63) is 44.4 Å². The largest absolute Gasteiger partial charge is 0.492 e. The van der Waals surface area contributed by atoms with Crippen LogP contribution in [0, 0.1) is 20.8 Å². The van der Waals surface area contributed by atoms with Gasteiger partial charge < -0.3 is 15.2 Å². The summed E-state index contributed by atoms with van der Waals surface area (Å²) in [5.41, 5.74) is 3.62. The van der Waals surface area contributed by atoms with Crippen LogP contribution in [0.2, 0.25) is 0 Å². The summed E-state index contributed by atoms with van der Waals surface area (Å²) in [6.07, 6.45) is 0. The topological polar surface area (TPSA) is 88.5 Å². The van der Waals surface area contributed by atoms with E-state index in [1.54, 1.807) is 13.8 Å². The quantitative estimate of drug-likeness (QED) is 0.874. The van der Waals surface area contributed by atoms with Gasteiger partial charge >= 0.3 is 5.97 Å². The molecule has 0 saturated carbocycles. The average molecular weight is 360 g/mol. The van der Waals surface area contributed by atoms with E-state index in [1.807, 2.05) is 26.0 Å². The molecule has 1 amide bonds. The van der Waals surface area contributed by atoms with Crippen LogP contribution in [-0.2, 0) is 4.79 Å². The molecule has 2 atom stereocenters. The highest BCUT2D eigenvalue weighted by Crippen LogP contribution is 2.36. The molecule has 1 aliphatic heterocycles. The first-order valence-electron chi connectivity index (χ1n) is 8.03.